The molecule has 3 heteroatoms. The summed E-state index contributed by atoms with van der Waals surface area (Å²) >= 11 is 0. The van der Waals surface area contributed by atoms with Gasteiger partial charge < -0.3 is 9.84 Å². The molecule has 0 aromatic carbocycles. The molecule has 0 saturated carbocycles. The number of rotatable bonds is 1. The van der Waals surface area contributed by atoms with Gasteiger partial charge in [0.2, 0.25) is 0 Å². The third-order valence-electron chi connectivity index (χ3n) is 2.02. The maximum atomic E-state index is 10.5. The van der Waals surface area contributed by atoms with Crippen molar-refractivity contribution in [1.29, 1.82) is 0 Å². The molecule has 0 radical (unpaired) electrons. The van der Waals surface area contributed by atoms with Gasteiger partial charge in [0, 0.05) is 6.61 Å². The van der Waals surface area contributed by atoms with Crippen molar-refractivity contribution in [2.75, 3.05) is 13.2 Å². The third kappa shape index (κ3) is 1.48. The van der Waals surface area contributed by atoms with E-state index in [1.807, 2.05) is 6.92 Å². The lowest BCUT2D eigenvalue weighted by Crippen LogP contribution is -2.31. The van der Waals surface area contributed by atoms with Gasteiger partial charge in [-0.1, -0.05) is 6.92 Å². The Bertz CT molecular complexity index is 133. The van der Waals surface area contributed by atoms with E-state index in [-0.39, 0.29) is 11.8 Å². The molecule has 0 aromatic heterocycles. The minimum atomic E-state index is -0.729. The minimum absolute atomic E-state index is 0.270. The van der Waals surface area contributed by atoms with Gasteiger partial charge in [-0.15, -0.1) is 0 Å². The van der Waals surface area contributed by atoms with Gasteiger partial charge in [0.15, 0.2) is 0 Å². The van der Waals surface area contributed by atoms with E-state index in [1.165, 1.54) is 0 Å². The Morgan fingerprint density at radius 1 is 1.70 bits per heavy atom. The Labute approximate surface area is 60.0 Å². The lowest BCUT2D eigenvalue weighted by Gasteiger charge is -2.24. The summed E-state index contributed by atoms with van der Waals surface area (Å²) in [7, 11) is 0. The molecular weight excluding hydrogens is 132 g/mol. The van der Waals surface area contributed by atoms with Crippen LogP contribution in [0.25, 0.3) is 0 Å². The highest BCUT2D eigenvalue weighted by Crippen LogP contribution is 2.20. The lowest BCUT2D eigenvalue weighted by atomic mass is 9.90. The van der Waals surface area contributed by atoms with Crippen LogP contribution in [0.2, 0.25) is 0 Å². The summed E-state index contributed by atoms with van der Waals surface area (Å²) < 4.78 is 5.03. The van der Waals surface area contributed by atoms with Crippen molar-refractivity contribution in [3.05, 3.63) is 0 Å². The Kier molecular flexibility index (Phi) is 2.27. The largest absolute Gasteiger partial charge is 0.481 e. The average molecular weight is 144 g/mol. The summed E-state index contributed by atoms with van der Waals surface area (Å²) in [5.41, 5.74) is 0. The summed E-state index contributed by atoms with van der Waals surface area (Å²) in [6, 6.07) is 0. The highest BCUT2D eigenvalue weighted by atomic mass is 16.5. The Morgan fingerprint density at radius 3 is 2.80 bits per heavy atom. The van der Waals surface area contributed by atoms with Crippen molar-refractivity contribution in [1.82, 2.24) is 0 Å². The second-order valence-corrected chi connectivity index (χ2v) is 2.79. The standard InChI is InChI=1S/C7H12O3/c1-5-2-3-10-4-6(5)7(8)9/h5-6H,2-4H2,1H3,(H,8,9)/t5-,6+/m0/s1. The zero-order chi connectivity index (χ0) is 7.56. The summed E-state index contributed by atoms with van der Waals surface area (Å²) in [6.07, 6.45) is 0.872. The molecule has 0 bridgehead atoms. The van der Waals surface area contributed by atoms with E-state index in [2.05, 4.69) is 0 Å². The smallest absolute Gasteiger partial charge is 0.309 e. The molecule has 0 aliphatic carbocycles. The molecule has 3 nitrogen and oxygen atoms in total. The number of aliphatic carboxylic acids is 1. The molecule has 10 heavy (non-hydrogen) atoms. The predicted octanol–water partition coefficient (Wildman–Crippen LogP) is 0.744. The average Bonchev–Trinajstić information content (AvgIpc) is 1.88. The van der Waals surface area contributed by atoms with Crippen LogP contribution in [-0.4, -0.2) is 24.3 Å². The van der Waals surface area contributed by atoms with E-state index in [9.17, 15) is 4.79 Å². The van der Waals surface area contributed by atoms with Gasteiger partial charge in [0.05, 0.1) is 12.5 Å². The number of hydrogen-bond donors (Lipinski definition) is 1. The van der Waals surface area contributed by atoms with Crippen molar-refractivity contribution in [2.45, 2.75) is 13.3 Å². The van der Waals surface area contributed by atoms with Crippen LogP contribution in [0.5, 0.6) is 0 Å². The van der Waals surface area contributed by atoms with E-state index >= 15 is 0 Å². The van der Waals surface area contributed by atoms with Crippen LogP contribution >= 0.6 is 0 Å². The Balaban J connectivity index is 2.47. The Morgan fingerprint density at radius 2 is 2.40 bits per heavy atom. The van der Waals surface area contributed by atoms with Crippen molar-refractivity contribution >= 4 is 5.97 Å². The van der Waals surface area contributed by atoms with Crippen LogP contribution < -0.4 is 0 Å². The maximum absolute atomic E-state index is 10.5. The van der Waals surface area contributed by atoms with Crippen LogP contribution in [0.4, 0.5) is 0 Å². The molecule has 0 aromatic rings. The van der Waals surface area contributed by atoms with E-state index in [1.54, 1.807) is 0 Å². The van der Waals surface area contributed by atoms with Crippen molar-refractivity contribution in [2.24, 2.45) is 11.8 Å². The second-order valence-electron chi connectivity index (χ2n) is 2.79. The quantitative estimate of drug-likeness (QED) is 0.590. The molecule has 1 aliphatic heterocycles. The highest BCUT2D eigenvalue weighted by molar-refractivity contribution is 5.70. The minimum Gasteiger partial charge on any atom is -0.481 e. The number of carboxylic acids is 1. The fourth-order valence-corrected chi connectivity index (χ4v) is 1.16. The number of carboxylic acid groups (broad SMARTS) is 1. The van der Waals surface area contributed by atoms with Crippen LogP contribution in [0.1, 0.15) is 13.3 Å². The molecule has 0 spiro atoms. The van der Waals surface area contributed by atoms with Gasteiger partial charge in [0.25, 0.3) is 0 Å². The molecule has 0 amide bonds. The predicted molar refractivity (Wildman–Crippen MR) is 35.7 cm³/mol. The molecule has 58 valence electrons. The van der Waals surface area contributed by atoms with Gasteiger partial charge in [0.1, 0.15) is 0 Å². The molecular formula is C7H12O3. The van der Waals surface area contributed by atoms with Crippen molar-refractivity contribution in [3.8, 4) is 0 Å². The van der Waals surface area contributed by atoms with E-state index < -0.39 is 5.97 Å². The van der Waals surface area contributed by atoms with Gasteiger partial charge in [-0.2, -0.15) is 0 Å². The molecule has 2 atom stereocenters. The normalized spacial score (nSPS) is 33.7. The number of carbonyl (C=O) groups is 1. The van der Waals surface area contributed by atoms with Crippen LogP contribution in [-0.2, 0) is 9.53 Å². The fraction of sp³-hybridized carbons (Fsp3) is 0.857. The topological polar surface area (TPSA) is 46.5 Å². The van der Waals surface area contributed by atoms with Crippen LogP contribution in [0, 0.1) is 11.8 Å². The van der Waals surface area contributed by atoms with Gasteiger partial charge in [-0.25, -0.2) is 0 Å². The van der Waals surface area contributed by atoms with Crippen LogP contribution in [0.3, 0.4) is 0 Å². The van der Waals surface area contributed by atoms with Gasteiger partial charge >= 0.3 is 5.97 Å². The first kappa shape index (κ1) is 7.54. The summed E-state index contributed by atoms with van der Waals surface area (Å²) in [4.78, 5) is 10.5. The molecule has 1 N–H and O–H groups in total. The third-order valence-corrected chi connectivity index (χ3v) is 2.02. The summed E-state index contributed by atoms with van der Waals surface area (Å²) in [5, 5.41) is 8.63. The van der Waals surface area contributed by atoms with Crippen molar-refractivity contribution in [3.63, 3.8) is 0 Å². The zero-order valence-electron chi connectivity index (χ0n) is 6.04. The molecule has 1 heterocycles. The first-order valence-corrected chi connectivity index (χ1v) is 3.52. The van der Waals surface area contributed by atoms with Crippen LogP contribution in [0.15, 0.2) is 0 Å². The van der Waals surface area contributed by atoms with E-state index in [0.717, 1.165) is 6.42 Å². The summed E-state index contributed by atoms with van der Waals surface area (Å²) in [6.45, 7) is 3.06. The van der Waals surface area contributed by atoms with E-state index in [0.29, 0.717) is 13.2 Å². The number of hydrogen-bond acceptors (Lipinski definition) is 2. The second kappa shape index (κ2) is 3.01. The maximum Gasteiger partial charge on any atom is 0.309 e. The first-order valence-electron chi connectivity index (χ1n) is 3.52. The SMILES string of the molecule is C[C@H]1CCOC[C@H]1C(=O)O. The molecule has 1 fully saturated rings. The van der Waals surface area contributed by atoms with Crippen molar-refractivity contribution < 1.29 is 14.6 Å². The molecule has 0 unspecified atom stereocenters. The summed E-state index contributed by atoms with van der Waals surface area (Å²) in [5.74, 6) is -0.743. The van der Waals surface area contributed by atoms with Gasteiger partial charge in [-0.05, 0) is 12.3 Å². The van der Waals surface area contributed by atoms with Gasteiger partial charge in [-0.3, -0.25) is 4.79 Å². The molecule has 1 rings (SSSR count). The number of ether oxygens (including phenoxy) is 1. The van der Waals surface area contributed by atoms with E-state index in [4.69, 9.17) is 9.84 Å². The fourth-order valence-electron chi connectivity index (χ4n) is 1.16. The highest BCUT2D eigenvalue weighted by Gasteiger charge is 2.27. The monoisotopic (exact) mass is 144 g/mol. The first-order chi connectivity index (χ1) is 4.72. The zero-order valence-corrected chi connectivity index (χ0v) is 6.04. The lowest BCUT2D eigenvalue weighted by molar-refractivity contribution is -0.148. The Hall–Kier alpha value is -0.570. The molecule has 1 saturated heterocycles. The molecule has 1 aliphatic rings.